The Morgan fingerprint density at radius 1 is 1.50 bits per heavy atom. The minimum Gasteiger partial charge on any atom is -0.370 e. The fourth-order valence-corrected chi connectivity index (χ4v) is 1.51. The van der Waals surface area contributed by atoms with Crippen molar-refractivity contribution in [2.45, 2.75) is 39.2 Å². The molecule has 18 heavy (non-hydrogen) atoms. The summed E-state index contributed by atoms with van der Waals surface area (Å²) in [5, 5.41) is 7.26. The van der Waals surface area contributed by atoms with Gasteiger partial charge >= 0.3 is 0 Å². The van der Waals surface area contributed by atoms with Crippen molar-refractivity contribution in [3.63, 3.8) is 0 Å². The van der Waals surface area contributed by atoms with Gasteiger partial charge in [0.25, 0.3) is 0 Å². The van der Waals surface area contributed by atoms with Crippen molar-refractivity contribution in [2.24, 2.45) is 17.8 Å². The highest BCUT2D eigenvalue weighted by Crippen LogP contribution is 2.01. The summed E-state index contributed by atoms with van der Waals surface area (Å²) < 4.78 is 1.81. The van der Waals surface area contributed by atoms with Crippen molar-refractivity contribution < 1.29 is 0 Å². The van der Waals surface area contributed by atoms with E-state index >= 15 is 0 Å². The third-order valence-electron chi connectivity index (χ3n) is 2.17. The summed E-state index contributed by atoms with van der Waals surface area (Å²) in [4.78, 5) is 4.29. The lowest BCUT2D eigenvalue weighted by Gasteiger charge is -2.20. The van der Waals surface area contributed by atoms with Gasteiger partial charge in [-0.15, -0.1) is 24.0 Å². The average Bonchev–Trinajstić information content (AvgIpc) is 2.56. The molecule has 3 N–H and O–H groups in total. The Hall–Kier alpha value is -0.790. The van der Waals surface area contributed by atoms with E-state index in [-0.39, 0.29) is 29.5 Å². The number of aromatic nitrogens is 2. The van der Waals surface area contributed by atoms with E-state index in [1.165, 1.54) is 5.56 Å². The van der Waals surface area contributed by atoms with Gasteiger partial charge < -0.3 is 11.1 Å². The zero-order valence-electron chi connectivity index (χ0n) is 11.6. The van der Waals surface area contributed by atoms with Crippen LogP contribution in [0.2, 0.25) is 0 Å². The Labute approximate surface area is 126 Å². The average molecular weight is 365 g/mol. The third kappa shape index (κ3) is 7.52. The number of hydrogen-bond donors (Lipinski definition) is 2. The molecule has 0 saturated heterocycles. The van der Waals surface area contributed by atoms with E-state index in [2.05, 4.69) is 36.2 Å². The number of nitrogens with one attached hydrogen (secondary N) is 1. The quantitative estimate of drug-likeness (QED) is 0.369. The van der Waals surface area contributed by atoms with E-state index in [1.54, 1.807) is 0 Å². The minimum atomic E-state index is -0.0308. The molecule has 0 fully saturated rings. The smallest absolute Gasteiger partial charge is 0.188 e. The van der Waals surface area contributed by atoms with Crippen molar-refractivity contribution in [1.82, 2.24) is 15.1 Å². The monoisotopic (exact) mass is 365 g/mol. The van der Waals surface area contributed by atoms with Gasteiger partial charge in [-0.3, -0.25) is 9.67 Å². The van der Waals surface area contributed by atoms with Crippen molar-refractivity contribution in [2.75, 3.05) is 6.54 Å². The molecule has 0 aliphatic carbocycles. The van der Waals surface area contributed by atoms with Crippen LogP contribution in [-0.2, 0) is 13.5 Å². The number of rotatable bonds is 4. The summed E-state index contributed by atoms with van der Waals surface area (Å²) in [6.45, 7) is 6.92. The number of halogens is 1. The maximum absolute atomic E-state index is 5.77. The number of nitrogens with two attached hydrogens (primary N) is 1. The molecule has 0 saturated carbocycles. The molecule has 0 amide bonds. The van der Waals surface area contributed by atoms with Gasteiger partial charge in [0.05, 0.1) is 6.20 Å². The highest BCUT2D eigenvalue weighted by Gasteiger charge is 2.09. The summed E-state index contributed by atoms with van der Waals surface area (Å²) in [5.41, 5.74) is 6.98. The highest BCUT2D eigenvalue weighted by molar-refractivity contribution is 14.0. The van der Waals surface area contributed by atoms with Gasteiger partial charge in [0.1, 0.15) is 0 Å². The van der Waals surface area contributed by atoms with Crippen LogP contribution in [0.5, 0.6) is 0 Å². The summed E-state index contributed by atoms with van der Waals surface area (Å²) in [7, 11) is 1.92. The lowest BCUT2D eigenvalue weighted by Crippen LogP contribution is -2.45. The summed E-state index contributed by atoms with van der Waals surface area (Å²) >= 11 is 0. The largest absolute Gasteiger partial charge is 0.370 e. The summed E-state index contributed by atoms with van der Waals surface area (Å²) in [6, 6.07) is 0. The van der Waals surface area contributed by atoms with Gasteiger partial charge in [0.15, 0.2) is 5.96 Å². The SMILES string of the molecule is Cn1cc(CCCN=C(N)NC(C)(C)C)cn1.I. The molecule has 104 valence electrons. The minimum absolute atomic E-state index is 0. The standard InChI is InChI=1S/C12H23N5.HI/c1-12(2,3)16-11(13)14-7-5-6-10-8-15-17(4)9-10;/h8-9H,5-7H2,1-4H3,(H3,13,14,16);1H. The molecule has 0 aromatic carbocycles. The van der Waals surface area contributed by atoms with Gasteiger partial charge in [-0.2, -0.15) is 5.10 Å². The van der Waals surface area contributed by atoms with Crippen molar-refractivity contribution in [3.8, 4) is 0 Å². The Morgan fingerprint density at radius 2 is 2.17 bits per heavy atom. The number of aryl methyl sites for hydroxylation is 2. The molecule has 0 aliphatic rings. The van der Waals surface area contributed by atoms with Gasteiger partial charge in [0, 0.05) is 25.3 Å². The first-order valence-electron chi connectivity index (χ1n) is 5.92. The van der Waals surface area contributed by atoms with Crippen LogP contribution in [0.15, 0.2) is 17.4 Å². The van der Waals surface area contributed by atoms with E-state index < -0.39 is 0 Å². The fourth-order valence-electron chi connectivity index (χ4n) is 1.51. The van der Waals surface area contributed by atoms with E-state index in [0.29, 0.717) is 5.96 Å². The molecule has 0 radical (unpaired) electrons. The van der Waals surface area contributed by atoms with E-state index in [9.17, 15) is 0 Å². The van der Waals surface area contributed by atoms with Gasteiger partial charge in [-0.05, 0) is 39.2 Å². The number of guanidine groups is 1. The molecule has 0 atom stereocenters. The molecule has 5 nitrogen and oxygen atoms in total. The van der Waals surface area contributed by atoms with Crippen LogP contribution in [0.1, 0.15) is 32.8 Å². The molecule has 0 bridgehead atoms. The van der Waals surface area contributed by atoms with Crippen LogP contribution in [0.4, 0.5) is 0 Å². The Morgan fingerprint density at radius 3 is 2.67 bits per heavy atom. The molecule has 1 heterocycles. The van der Waals surface area contributed by atoms with Crippen LogP contribution in [0.25, 0.3) is 0 Å². The molecule has 1 aromatic heterocycles. The second-order valence-electron chi connectivity index (χ2n) is 5.27. The van der Waals surface area contributed by atoms with Crippen LogP contribution in [0, 0.1) is 0 Å². The van der Waals surface area contributed by atoms with E-state index in [1.807, 2.05) is 24.1 Å². The summed E-state index contributed by atoms with van der Waals surface area (Å²) in [5.74, 6) is 0.517. The molecule has 0 aliphatic heterocycles. The highest BCUT2D eigenvalue weighted by atomic mass is 127. The predicted molar refractivity (Wildman–Crippen MR) is 86.3 cm³/mol. The second-order valence-corrected chi connectivity index (χ2v) is 5.27. The van der Waals surface area contributed by atoms with Crippen LogP contribution in [0.3, 0.4) is 0 Å². The van der Waals surface area contributed by atoms with Gasteiger partial charge in [-0.25, -0.2) is 0 Å². The maximum Gasteiger partial charge on any atom is 0.188 e. The molecule has 0 unspecified atom stereocenters. The summed E-state index contributed by atoms with van der Waals surface area (Å²) in [6.07, 6.45) is 5.89. The fraction of sp³-hybridized carbons (Fsp3) is 0.667. The molecule has 0 spiro atoms. The first-order valence-corrected chi connectivity index (χ1v) is 5.92. The Kier molecular flexibility index (Phi) is 7.27. The van der Waals surface area contributed by atoms with E-state index in [4.69, 9.17) is 5.73 Å². The van der Waals surface area contributed by atoms with Crippen molar-refractivity contribution in [1.29, 1.82) is 0 Å². The lowest BCUT2D eigenvalue weighted by atomic mass is 10.1. The van der Waals surface area contributed by atoms with Gasteiger partial charge in [-0.1, -0.05) is 0 Å². The first kappa shape index (κ1) is 17.2. The molecular weight excluding hydrogens is 341 g/mol. The van der Waals surface area contributed by atoms with Gasteiger partial charge in [0.2, 0.25) is 0 Å². The molecule has 1 rings (SSSR count). The molecular formula is C12H24IN5. The first-order chi connectivity index (χ1) is 7.87. The number of hydrogen-bond acceptors (Lipinski definition) is 2. The lowest BCUT2D eigenvalue weighted by molar-refractivity contribution is 0.508. The molecule has 1 aromatic rings. The number of nitrogens with zero attached hydrogens (tertiary/aromatic N) is 3. The maximum atomic E-state index is 5.77. The third-order valence-corrected chi connectivity index (χ3v) is 2.17. The van der Waals surface area contributed by atoms with Crippen molar-refractivity contribution in [3.05, 3.63) is 18.0 Å². The predicted octanol–water partition coefficient (Wildman–Crippen LogP) is 1.67. The zero-order chi connectivity index (χ0) is 12.9. The van der Waals surface area contributed by atoms with Crippen LogP contribution < -0.4 is 11.1 Å². The second kappa shape index (κ2) is 7.60. The Bertz CT molecular complexity index is 378. The van der Waals surface area contributed by atoms with Crippen LogP contribution in [-0.4, -0.2) is 27.8 Å². The number of aliphatic imine (C=N–C) groups is 1. The van der Waals surface area contributed by atoms with E-state index in [0.717, 1.165) is 19.4 Å². The van der Waals surface area contributed by atoms with Crippen molar-refractivity contribution >= 4 is 29.9 Å². The van der Waals surface area contributed by atoms with Crippen LogP contribution >= 0.6 is 24.0 Å². The topological polar surface area (TPSA) is 68.2 Å². The molecule has 6 heteroatoms. The zero-order valence-corrected chi connectivity index (χ0v) is 13.9. The normalized spacial score (nSPS) is 12.1. The Balaban J connectivity index is 0.00000289.